The first-order valence-corrected chi connectivity index (χ1v) is 6.01. The number of aromatic nitrogens is 1. The summed E-state index contributed by atoms with van der Waals surface area (Å²) in [4.78, 5) is 6.92. The minimum Gasteiger partial charge on any atom is -0.388 e. The Balaban J connectivity index is 2.27. The van der Waals surface area contributed by atoms with Crippen LogP contribution in [0.5, 0.6) is 0 Å². The maximum Gasteiger partial charge on any atom is 0.122 e. The molecule has 3 nitrogen and oxygen atoms in total. The molecule has 2 atom stereocenters. The third-order valence-corrected chi connectivity index (χ3v) is 3.32. The molecule has 0 amide bonds. The molecule has 1 aromatic heterocycles. The molecule has 2 heterocycles. The third kappa shape index (κ3) is 2.16. The van der Waals surface area contributed by atoms with Gasteiger partial charge in [0.2, 0.25) is 0 Å². The van der Waals surface area contributed by atoms with Gasteiger partial charge in [0.25, 0.3) is 0 Å². The van der Waals surface area contributed by atoms with Gasteiger partial charge in [-0.3, -0.25) is 4.98 Å². The Morgan fingerprint density at radius 1 is 1.56 bits per heavy atom. The van der Waals surface area contributed by atoms with Crippen LogP contribution < -0.4 is 10.6 Å². The molecule has 2 N–H and O–H groups in total. The van der Waals surface area contributed by atoms with Crippen molar-refractivity contribution in [2.75, 3.05) is 11.4 Å². The molecule has 1 fully saturated rings. The van der Waals surface area contributed by atoms with Crippen LogP contribution in [0.1, 0.15) is 26.0 Å². The number of nitrogens with zero attached hydrogens (tertiary/aromatic N) is 2. The lowest BCUT2D eigenvalue weighted by atomic mass is 10.1. The Morgan fingerprint density at radius 2 is 2.31 bits per heavy atom. The average molecular weight is 235 g/mol. The Labute approximate surface area is 102 Å². The molecule has 86 valence electrons. The van der Waals surface area contributed by atoms with Crippen molar-refractivity contribution in [2.45, 2.75) is 26.3 Å². The summed E-state index contributed by atoms with van der Waals surface area (Å²) in [6.07, 6.45) is 3.02. The lowest BCUT2D eigenvalue weighted by Crippen LogP contribution is -2.27. The fourth-order valence-corrected chi connectivity index (χ4v) is 2.50. The van der Waals surface area contributed by atoms with Gasteiger partial charge in [0.05, 0.1) is 5.69 Å². The van der Waals surface area contributed by atoms with Gasteiger partial charge in [-0.05, 0) is 31.4 Å². The molecule has 0 saturated carbocycles. The number of anilines is 1. The molecule has 0 bridgehead atoms. The van der Waals surface area contributed by atoms with Crippen molar-refractivity contribution in [1.82, 2.24) is 4.98 Å². The Hall–Kier alpha value is -1.16. The van der Waals surface area contributed by atoms with Crippen molar-refractivity contribution >= 4 is 22.9 Å². The van der Waals surface area contributed by atoms with Gasteiger partial charge >= 0.3 is 0 Å². The van der Waals surface area contributed by atoms with Crippen molar-refractivity contribution in [3.8, 4) is 0 Å². The molecule has 0 aliphatic carbocycles. The smallest absolute Gasteiger partial charge is 0.122 e. The van der Waals surface area contributed by atoms with Crippen LogP contribution in [0.25, 0.3) is 0 Å². The van der Waals surface area contributed by atoms with E-state index in [-0.39, 0.29) is 0 Å². The number of nitrogens with two attached hydrogens (primary N) is 1. The van der Waals surface area contributed by atoms with Crippen LogP contribution in [0.4, 0.5) is 5.69 Å². The van der Waals surface area contributed by atoms with E-state index >= 15 is 0 Å². The second-order valence-electron chi connectivity index (χ2n) is 4.61. The van der Waals surface area contributed by atoms with Crippen LogP contribution in [-0.2, 0) is 0 Å². The number of pyridine rings is 1. The molecule has 0 aromatic carbocycles. The average Bonchev–Trinajstić information content (AvgIpc) is 2.58. The molecule has 0 radical (unpaired) electrons. The first-order chi connectivity index (χ1) is 7.58. The minimum absolute atomic E-state index is 0.363. The van der Waals surface area contributed by atoms with Crippen LogP contribution in [0.15, 0.2) is 18.3 Å². The van der Waals surface area contributed by atoms with Crippen molar-refractivity contribution in [1.29, 1.82) is 0 Å². The maximum atomic E-state index is 5.59. The van der Waals surface area contributed by atoms with Gasteiger partial charge in [0, 0.05) is 24.5 Å². The summed E-state index contributed by atoms with van der Waals surface area (Å²) in [7, 11) is 0. The zero-order valence-corrected chi connectivity index (χ0v) is 10.5. The normalized spacial score (nSPS) is 24.8. The molecular formula is C12H17N3S. The van der Waals surface area contributed by atoms with Gasteiger partial charge < -0.3 is 10.6 Å². The fraction of sp³-hybridized carbons (Fsp3) is 0.500. The van der Waals surface area contributed by atoms with Crippen LogP contribution in [0.2, 0.25) is 0 Å². The summed E-state index contributed by atoms with van der Waals surface area (Å²) in [6, 6.07) is 4.59. The predicted octanol–water partition coefficient (Wildman–Crippen LogP) is 1.95. The molecule has 0 spiro atoms. The van der Waals surface area contributed by atoms with E-state index in [9.17, 15) is 0 Å². The molecule has 1 aromatic rings. The van der Waals surface area contributed by atoms with Crippen LogP contribution in [0, 0.1) is 5.92 Å². The Morgan fingerprint density at radius 3 is 2.88 bits per heavy atom. The van der Waals surface area contributed by atoms with Gasteiger partial charge in [0.15, 0.2) is 0 Å². The van der Waals surface area contributed by atoms with E-state index in [1.807, 2.05) is 12.1 Å². The summed E-state index contributed by atoms with van der Waals surface area (Å²) >= 11 is 4.95. The van der Waals surface area contributed by atoms with E-state index in [1.54, 1.807) is 6.20 Å². The lowest BCUT2D eigenvalue weighted by Gasteiger charge is -2.24. The second kappa shape index (κ2) is 4.37. The van der Waals surface area contributed by atoms with Gasteiger partial charge in [0.1, 0.15) is 4.99 Å². The highest BCUT2D eigenvalue weighted by molar-refractivity contribution is 7.80. The van der Waals surface area contributed by atoms with Crippen molar-refractivity contribution in [2.24, 2.45) is 11.7 Å². The largest absolute Gasteiger partial charge is 0.388 e. The summed E-state index contributed by atoms with van der Waals surface area (Å²) in [5, 5.41) is 0. The van der Waals surface area contributed by atoms with Crippen molar-refractivity contribution in [3.05, 3.63) is 24.0 Å². The first kappa shape index (κ1) is 11.3. The molecule has 16 heavy (non-hydrogen) atoms. The van der Waals surface area contributed by atoms with E-state index in [0.29, 0.717) is 16.7 Å². The lowest BCUT2D eigenvalue weighted by molar-refractivity contribution is 0.625. The monoisotopic (exact) mass is 235 g/mol. The highest BCUT2D eigenvalue weighted by atomic mass is 32.1. The molecule has 2 unspecified atom stereocenters. The van der Waals surface area contributed by atoms with Crippen LogP contribution in [-0.4, -0.2) is 22.6 Å². The minimum atomic E-state index is 0.363. The summed E-state index contributed by atoms with van der Waals surface area (Å²) in [5.74, 6) is 0.747. The highest BCUT2D eigenvalue weighted by Gasteiger charge is 2.26. The number of thiocarbonyl (C=S) groups is 1. The van der Waals surface area contributed by atoms with Crippen molar-refractivity contribution in [3.63, 3.8) is 0 Å². The first-order valence-electron chi connectivity index (χ1n) is 5.60. The standard InChI is InChI=1S/C12H17N3S/c1-8-5-9(2)15(7-8)10-3-4-14-11(6-10)12(13)16/h3-4,6,8-9H,5,7H2,1-2H3,(H2,13,16). The molecule has 1 saturated heterocycles. The molecule has 1 aliphatic heterocycles. The summed E-state index contributed by atoms with van der Waals surface area (Å²) in [5.41, 5.74) is 7.48. The van der Waals surface area contributed by atoms with Gasteiger partial charge in [-0.15, -0.1) is 0 Å². The SMILES string of the molecule is CC1CC(C)N(c2ccnc(C(N)=S)c2)C1. The molecule has 1 aliphatic rings. The number of hydrogen-bond acceptors (Lipinski definition) is 3. The van der Waals surface area contributed by atoms with Gasteiger partial charge in [-0.25, -0.2) is 0 Å². The molecule has 2 rings (SSSR count). The quantitative estimate of drug-likeness (QED) is 0.796. The van der Waals surface area contributed by atoms with Gasteiger partial charge in [-0.1, -0.05) is 19.1 Å². The van der Waals surface area contributed by atoms with Crippen molar-refractivity contribution < 1.29 is 0 Å². The van der Waals surface area contributed by atoms with E-state index in [1.165, 1.54) is 12.1 Å². The van der Waals surface area contributed by atoms with E-state index in [4.69, 9.17) is 18.0 Å². The maximum absolute atomic E-state index is 5.59. The van der Waals surface area contributed by atoms with E-state index < -0.39 is 0 Å². The zero-order chi connectivity index (χ0) is 11.7. The highest BCUT2D eigenvalue weighted by Crippen LogP contribution is 2.28. The van der Waals surface area contributed by atoms with E-state index in [2.05, 4.69) is 23.7 Å². The topological polar surface area (TPSA) is 42.2 Å². The van der Waals surface area contributed by atoms with Crippen LogP contribution >= 0.6 is 12.2 Å². The molecule has 4 heteroatoms. The Kier molecular flexibility index (Phi) is 3.10. The zero-order valence-electron chi connectivity index (χ0n) is 9.68. The number of hydrogen-bond donors (Lipinski definition) is 1. The fourth-order valence-electron chi connectivity index (χ4n) is 2.39. The number of rotatable bonds is 2. The summed E-state index contributed by atoms with van der Waals surface area (Å²) < 4.78 is 0. The van der Waals surface area contributed by atoms with Crippen LogP contribution in [0.3, 0.4) is 0 Å². The second-order valence-corrected chi connectivity index (χ2v) is 5.05. The Bertz CT molecular complexity index is 405. The van der Waals surface area contributed by atoms with E-state index in [0.717, 1.165) is 12.5 Å². The summed E-state index contributed by atoms with van der Waals surface area (Å²) in [6.45, 7) is 5.64. The predicted molar refractivity (Wildman–Crippen MR) is 70.7 cm³/mol. The van der Waals surface area contributed by atoms with Gasteiger partial charge in [-0.2, -0.15) is 0 Å². The molecular weight excluding hydrogens is 218 g/mol. The third-order valence-electron chi connectivity index (χ3n) is 3.11.